The number of hydrogen-bond acceptors (Lipinski definition) is 3. The first kappa shape index (κ1) is 10.5. The molecule has 15 heavy (non-hydrogen) atoms. The van der Waals surface area contributed by atoms with Gasteiger partial charge in [0.25, 0.3) is 0 Å². The molecule has 82 valence electrons. The van der Waals surface area contributed by atoms with Gasteiger partial charge >= 0.3 is 0 Å². The lowest BCUT2D eigenvalue weighted by Crippen LogP contribution is -2.60. The maximum Gasteiger partial charge on any atom is 0.125 e. The van der Waals surface area contributed by atoms with Crippen molar-refractivity contribution in [2.45, 2.75) is 18.9 Å². The zero-order chi connectivity index (χ0) is 10.9. The van der Waals surface area contributed by atoms with Gasteiger partial charge in [0.1, 0.15) is 5.75 Å². The number of para-hydroxylation sites is 1. The molecular formula is C12H17NO2. The maximum atomic E-state index is 10.1. The zero-order valence-corrected chi connectivity index (χ0v) is 9.21. The number of nitrogens with one attached hydrogen (secondary N) is 1. The highest BCUT2D eigenvalue weighted by atomic mass is 16.5. The molecule has 3 nitrogen and oxygen atoms in total. The van der Waals surface area contributed by atoms with E-state index in [1.807, 2.05) is 25.1 Å². The van der Waals surface area contributed by atoms with Crippen LogP contribution in [0.2, 0.25) is 0 Å². The van der Waals surface area contributed by atoms with Gasteiger partial charge in [0.15, 0.2) is 0 Å². The summed E-state index contributed by atoms with van der Waals surface area (Å²) in [6.07, 6.45) is 0.658. The minimum atomic E-state index is -0.582. The van der Waals surface area contributed by atoms with E-state index in [0.717, 1.165) is 16.9 Å². The van der Waals surface area contributed by atoms with Crippen molar-refractivity contribution in [2.75, 3.05) is 20.2 Å². The topological polar surface area (TPSA) is 41.5 Å². The minimum Gasteiger partial charge on any atom is -0.496 e. The number of methoxy groups -OCH3 is 1. The lowest BCUT2D eigenvalue weighted by molar-refractivity contribution is -0.00944. The molecule has 1 aromatic rings. The maximum absolute atomic E-state index is 10.1. The van der Waals surface area contributed by atoms with Gasteiger partial charge in [0.05, 0.1) is 12.7 Å². The minimum absolute atomic E-state index is 0.582. The van der Waals surface area contributed by atoms with Crippen LogP contribution in [0.3, 0.4) is 0 Å². The zero-order valence-electron chi connectivity index (χ0n) is 9.21. The molecule has 1 saturated heterocycles. The van der Waals surface area contributed by atoms with E-state index >= 15 is 0 Å². The molecule has 1 aliphatic rings. The Morgan fingerprint density at radius 1 is 1.47 bits per heavy atom. The van der Waals surface area contributed by atoms with Crippen LogP contribution in [-0.4, -0.2) is 30.9 Å². The van der Waals surface area contributed by atoms with Gasteiger partial charge in [0, 0.05) is 19.5 Å². The summed E-state index contributed by atoms with van der Waals surface area (Å²) in [6, 6.07) is 6.04. The van der Waals surface area contributed by atoms with Crippen molar-refractivity contribution in [1.82, 2.24) is 5.32 Å². The van der Waals surface area contributed by atoms with Gasteiger partial charge in [-0.15, -0.1) is 0 Å². The number of benzene rings is 1. The molecule has 0 radical (unpaired) electrons. The summed E-state index contributed by atoms with van der Waals surface area (Å²) in [4.78, 5) is 0. The standard InChI is InChI=1S/C12H17NO2/c1-9-4-3-5-10(11(9)15-2)6-12(14)7-13-8-12/h3-5,13-14H,6-8H2,1-2H3. The fourth-order valence-corrected chi connectivity index (χ4v) is 2.04. The van der Waals surface area contributed by atoms with Crippen LogP contribution in [0.25, 0.3) is 0 Å². The van der Waals surface area contributed by atoms with Crippen LogP contribution in [-0.2, 0) is 6.42 Å². The molecule has 2 N–H and O–H groups in total. The molecular weight excluding hydrogens is 190 g/mol. The number of aliphatic hydroxyl groups is 1. The molecule has 1 fully saturated rings. The summed E-state index contributed by atoms with van der Waals surface area (Å²) in [6.45, 7) is 3.36. The van der Waals surface area contributed by atoms with Crippen molar-refractivity contribution < 1.29 is 9.84 Å². The third-order valence-electron chi connectivity index (χ3n) is 2.93. The molecule has 1 heterocycles. The van der Waals surface area contributed by atoms with E-state index in [2.05, 4.69) is 5.32 Å². The van der Waals surface area contributed by atoms with E-state index in [4.69, 9.17) is 4.74 Å². The van der Waals surface area contributed by atoms with Crippen molar-refractivity contribution >= 4 is 0 Å². The third kappa shape index (κ3) is 1.98. The highest BCUT2D eigenvalue weighted by Gasteiger charge is 2.35. The van der Waals surface area contributed by atoms with E-state index < -0.39 is 5.60 Å². The molecule has 0 bridgehead atoms. The van der Waals surface area contributed by atoms with Crippen LogP contribution in [0.4, 0.5) is 0 Å². The molecule has 0 amide bonds. The summed E-state index contributed by atoms with van der Waals surface area (Å²) in [5.74, 6) is 0.901. The largest absolute Gasteiger partial charge is 0.496 e. The summed E-state index contributed by atoms with van der Waals surface area (Å²) < 4.78 is 5.36. The Hall–Kier alpha value is -1.06. The molecule has 2 rings (SSSR count). The monoisotopic (exact) mass is 207 g/mol. The molecule has 0 unspecified atom stereocenters. The fourth-order valence-electron chi connectivity index (χ4n) is 2.04. The van der Waals surface area contributed by atoms with Crippen LogP contribution in [0.15, 0.2) is 18.2 Å². The van der Waals surface area contributed by atoms with Gasteiger partial charge in [-0.05, 0) is 18.1 Å². The second kappa shape index (κ2) is 3.83. The number of hydrogen-bond donors (Lipinski definition) is 2. The van der Waals surface area contributed by atoms with Gasteiger partial charge in [-0.1, -0.05) is 18.2 Å². The van der Waals surface area contributed by atoms with Gasteiger partial charge in [-0.2, -0.15) is 0 Å². The van der Waals surface area contributed by atoms with Crippen molar-refractivity contribution in [3.63, 3.8) is 0 Å². The Labute approximate surface area is 90.1 Å². The van der Waals surface area contributed by atoms with E-state index in [9.17, 15) is 5.11 Å². The molecule has 0 atom stereocenters. The van der Waals surface area contributed by atoms with E-state index in [0.29, 0.717) is 19.5 Å². The fraction of sp³-hybridized carbons (Fsp3) is 0.500. The average molecular weight is 207 g/mol. The van der Waals surface area contributed by atoms with E-state index in [-0.39, 0.29) is 0 Å². The quantitative estimate of drug-likeness (QED) is 0.773. The van der Waals surface area contributed by atoms with Gasteiger partial charge in [0.2, 0.25) is 0 Å². The third-order valence-corrected chi connectivity index (χ3v) is 2.93. The lowest BCUT2D eigenvalue weighted by atomic mass is 9.88. The Balaban J connectivity index is 2.23. The normalized spacial score (nSPS) is 18.3. The van der Waals surface area contributed by atoms with Gasteiger partial charge < -0.3 is 15.2 Å². The van der Waals surface area contributed by atoms with Crippen molar-refractivity contribution in [3.8, 4) is 5.75 Å². The average Bonchev–Trinajstić information content (AvgIpc) is 2.16. The molecule has 0 saturated carbocycles. The highest BCUT2D eigenvalue weighted by Crippen LogP contribution is 2.28. The van der Waals surface area contributed by atoms with E-state index in [1.54, 1.807) is 7.11 Å². The highest BCUT2D eigenvalue weighted by molar-refractivity contribution is 5.41. The Bertz CT molecular complexity index is 359. The van der Waals surface area contributed by atoms with Gasteiger partial charge in [-0.3, -0.25) is 0 Å². The predicted molar refractivity (Wildman–Crippen MR) is 59.3 cm³/mol. The van der Waals surface area contributed by atoms with Crippen LogP contribution < -0.4 is 10.1 Å². The molecule has 1 aromatic carbocycles. The summed E-state index contributed by atoms with van der Waals surface area (Å²) in [5, 5.41) is 13.1. The van der Waals surface area contributed by atoms with Crippen molar-refractivity contribution in [3.05, 3.63) is 29.3 Å². The predicted octanol–water partition coefficient (Wildman–Crippen LogP) is 0.880. The summed E-state index contributed by atoms with van der Waals surface area (Å²) >= 11 is 0. The summed E-state index contributed by atoms with van der Waals surface area (Å²) in [7, 11) is 1.68. The Morgan fingerprint density at radius 3 is 2.73 bits per heavy atom. The lowest BCUT2D eigenvalue weighted by Gasteiger charge is -2.38. The molecule has 0 aromatic heterocycles. The number of aryl methyl sites for hydroxylation is 1. The molecule has 0 aliphatic carbocycles. The summed E-state index contributed by atoms with van der Waals surface area (Å²) in [5.41, 5.74) is 1.62. The second-order valence-electron chi connectivity index (χ2n) is 4.27. The van der Waals surface area contributed by atoms with Crippen LogP contribution in [0, 0.1) is 6.92 Å². The van der Waals surface area contributed by atoms with Crippen molar-refractivity contribution in [2.24, 2.45) is 0 Å². The molecule has 3 heteroatoms. The first-order chi connectivity index (χ1) is 7.14. The number of β-amino-alcohol motifs (C(OH)–C–C–N with tert-alkyl or cyclic N) is 1. The number of rotatable bonds is 3. The van der Waals surface area contributed by atoms with Crippen LogP contribution in [0.5, 0.6) is 5.75 Å². The molecule has 1 aliphatic heterocycles. The van der Waals surface area contributed by atoms with E-state index in [1.165, 1.54) is 0 Å². The smallest absolute Gasteiger partial charge is 0.125 e. The Morgan fingerprint density at radius 2 is 2.20 bits per heavy atom. The Kier molecular flexibility index (Phi) is 2.67. The second-order valence-corrected chi connectivity index (χ2v) is 4.27. The van der Waals surface area contributed by atoms with Gasteiger partial charge in [-0.25, -0.2) is 0 Å². The first-order valence-electron chi connectivity index (χ1n) is 5.20. The van der Waals surface area contributed by atoms with Crippen LogP contribution >= 0.6 is 0 Å². The van der Waals surface area contributed by atoms with Crippen LogP contribution in [0.1, 0.15) is 11.1 Å². The SMILES string of the molecule is COc1c(C)cccc1CC1(O)CNC1. The molecule has 0 spiro atoms. The van der Waals surface area contributed by atoms with Crippen molar-refractivity contribution in [1.29, 1.82) is 0 Å². The first-order valence-corrected chi connectivity index (χ1v) is 5.20. The number of ether oxygens (including phenoxy) is 1.